The van der Waals surface area contributed by atoms with E-state index in [0.29, 0.717) is 13.1 Å². The molecule has 2 heterocycles. The Balaban J connectivity index is 0.000000180. The first-order chi connectivity index (χ1) is 8.51. The number of carbonyl (C=O) groups is 2. The van der Waals surface area contributed by atoms with Crippen molar-refractivity contribution in [1.29, 1.82) is 0 Å². The predicted octanol–water partition coefficient (Wildman–Crippen LogP) is 1.09. The number of amides is 2. The van der Waals surface area contributed by atoms with Crippen molar-refractivity contribution in [1.82, 2.24) is 10.1 Å². The number of rotatable bonds is 2. The van der Waals surface area contributed by atoms with Crippen LogP contribution in [0.25, 0.3) is 0 Å². The molecule has 0 aromatic rings. The Morgan fingerprint density at radius 3 is 1.39 bits per heavy atom. The van der Waals surface area contributed by atoms with Gasteiger partial charge < -0.3 is 0 Å². The van der Waals surface area contributed by atoms with E-state index in [2.05, 4.69) is 31.9 Å². The summed E-state index contributed by atoms with van der Waals surface area (Å²) in [4.78, 5) is 31.2. The quantitative estimate of drug-likeness (QED) is 0.665. The fourth-order valence-electron chi connectivity index (χ4n) is 1.60. The minimum atomic E-state index is -0.0301. The monoisotopic (exact) mass is 386 g/mol. The molecule has 0 aromatic heterocycles. The van der Waals surface area contributed by atoms with Crippen molar-refractivity contribution in [3.63, 3.8) is 0 Å². The van der Waals surface area contributed by atoms with E-state index < -0.39 is 0 Å². The average molecular weight is 388 g/mol. The molecule has 2 rings (SSSR count). The van der Waals surface area contributed by atoms with Gasteiger partial charge in [0.1, 0.15) is 0 Å². The summed E-state index contributed by atoms with van der Waals surface area (Å²) in [6.45, 7) is 1.40. The molecule has 0 radical (unpaired) electrons. The highest BCUT2D eigenvalue weighted by Crippen LogP contribution is 2.18. The van der Waals surface area contributed by atoms with Crippen molar-refractivity contribution in [2.24, 2.45) is 0 Å². The number of halogens is 2. The molecule has 0 aliphatic carbocycles. The fraction of sp³-hybridized carbons (Fsp3) is 0.800. The van der Waals surface area contributed by atoms with E-state index in [9.17, 15) is 9.59 Å². The van der Waals surface area contributed by atoms with Gasteiger partial charge in [-0.1, -0.05) is 31.9 Å². The normalized spacial score (nSPS) is 27.6. The van der Waals surface area contributed by atoms with Gasteiger partial charge in [0.15, 0.2) is 0 Å². The van der Waals surface area contributed by atoms with Crippen molar-refractivity contribution in [3.8, 4) is 0 Å². The molecule has 18 heavy (non-hydrogen) atoms. The van der Waals surface area contributed by atoms with Crippen LogP contribution in [0.1, 0.15) is 12.8 Å². The van der Waals surface area contributed by atoms with Gasteiger partial charge in [0.25, 0.3) is 11.8 Å². The SMILES string of the molecule is CON1CCC(Br)C1=O.CON1CCC(Br)C1=O. The molecular formula is C10H16Br2N2O4. The van der Waals surface area contributed by atoms with Crippen LogP contribution in [0.15, 0.2) is 0 Å². The van der Waals surface area contributed by atoms with E-state index in [1.54, 1.807) is 0 Å². The molecule has 2 aliphatic rings. The Bertz CT molecular complexity index is 286. The lowest BCUT2D eigenvalue weighted by Gasteiger charge is -2.10. The van der Waals surface area contributed by atoms with Gasteiger partial charge in [0.2, 0.25) is 0 Å². The molecule has 2 unspecified atom stereocenters. The van der Waals surface area contributed by atoms with Gasteiger partial charge in [-0.3, -0.25) is 19.3 Å². The average Bonchev–Trinajstić information content (AvgIpc) is 2.86. The second-order valence-corrected chi connectivity index (χ2v) is 5.97. The maximum atomic E-state index is 10.9. The molecule has 2 saturated heterocycles. The number of hydrogen-bond donors (Lipinski definition) is 0. The Hall–Kier alpha value is -0.180. The first kappa shape index (κ1) is 15.9. The van der Waals surface area contributed by atoms with Crippen LogP contribution in [0.4, 0.5) is 0 Å². The zero-order valence-electron chi connectivity index (χ0n) is 10.3. The first-order valence-electron chi connectivity index (χ1n) is 5.50. The van der Waals surface area contributed by atoms with E-state index in [-0.39, 0.29) is 21.5 Å². The topological polar surface area (TPSA) is 59.1 Å². The van der Waals surface area contributed by atoms with E-state index in [4.69, 9.17) is 9.68 Å². The third-order valence-corrected chi connectivity index (χ3v) is 4.34. The van der Waals surface area contributed by atoms with Crippen molar-refractivity contribution in [2.75, 3.05) is 27.3 Å². The lowest BCUT2D eigenvalue weighted by atomic mass is 10.4. The molecule has 0 spiro atoms. The van der Waals surface area contributed by atoms with Crippen molar-refractivity contribution in [3.05, 3.63) is 0 Å². The molecule has 2 aliphatic heterocycles. The standard InChI is InChI=1S/2C5H8BrNO2/c2*1-9-7-3-2-4(6)5(7)8/h2*4H,2-3H2,1H3. The molecule has 6 nitrogen and oxygen atoms in total. The Kier molecular flexibility index (Phi) is 6.54. The third-order valence-electron chi connectivity index (χ3n) is 2.64. The van der Waals surface area contributed by atoms with Crippen LogP contribution in [0.3, 0.4) is 0 Å². The smallest absolute Gasteiger partial charge is 0.259 e. The molecule has 0 bridgehead atoms. The number of hydrogen-bond acceptors (Lipinski definition) is 4. The van der Waals surface area contributed by atoms with Gasteiger partial charge in [-0.15, -0.1) is 0 Å². The van der Waals surface area contributed by atoms with Gasteiger partial charge in [-0.2, -0.15) is 0 Å². The summed E-state index contributed by atoms with van der Waals surface area (Å²) in [5.74, 6) is 0.0509. The zero-order valence-corrected chi connectivity index (χ0v) is 13.4. The molecule has 0 N–H and O–H groups in total. The van der Waals surface area contributed by atoms with Crippen LogP contribution in [0.2, 0.25) is 0 Å². The molecule has 2 fully saturated rings. The lowest BCUT2D eigenvalue weighted by Crippen LogP contribution is -2.25. The fourth-order valence-corrected chi connectivity index (χ4v) is 2.47. The second-order valence-electron chi connectivity index (χ2n) is 3.76. The minimum absolute atomic E-state index is 0.0255. The number of hydroxylamine groups is 4. The third kappa shape index (κ3) is 3.91. The van der Waals surface area contributed by atoms with Crippen LogP contribution in [-0.2, 0) is 19.3 Å². The van der Waals surface area contributed by atoms with E-state index in [1.807, 2.05) is 0 Å². The summed E-state index contributed by atoms with van der Waals surface area (Å²) in [5.41, 5.74) is 0. The number of alkyl halides is 2. The maximum absolute atomic E-state index is 10.9. The Labute approximate surface area is 123 Å². The van der Waals surface area contributed by atoms with Gasteiger partial charge in [0, 0.05) is 0 Å². The number of nitrogens with zero attached hydrogens (tertiary/aromatic N) is 2. The molecule has 2 amide bonds. The highest BCUT2D eigenvalue weighted by atomic mass is 79.9. The highest BCUT2D eigenvalue weighted by Gasteiger charge is 2.29. The van der Waals surface area contributed by atoms with Gasteiger partial charge in [-0.25, -0.2) is 10.1 Å². The van der Waals surface area contributed by atoms with Crippen molar-refractivity contribution in [2.45, 2.75) is 22.5 Å². The number of carbonyl (C=O) groups excluding carboxylic acids is 2. The molecular weight excluding hydrogens is 372 g/mol. The second kappa shape index (κ2) is 7.42. The highest BCUT2D eigenvalue weighted by molar-refractivity contribution is 9.10. The molecule has 8 heteroatoms. The van der Waals surface area contributed by atoms with Crippen LogP contribution in [-0.4, -0.2) is 58.9 Å². The maximum Gasteiger partial charge on any atom is 0.259 e. The molecule has 2 atom stereocenters. The first-order valence-corrected chi connectivity index (χ1v) is 7.33. The predicted molar refractivity (Wildman–Crippen MR) is 72.1 cm³/mol. The van der Waals surface area contributed by atoms with Crippen LogP contribution in [0.5, 0.6) is 0 Å². The minimum Gasteiger partial charge on any atom is -0.274 e. The largest absolute Gasteiger partial charge is 0.274 e. The van der Waals surface area contributed by atoms with Crippen LogP contribution < -0.4 is 0 Å². The van der Waals surface area contributed by atoms with Crippen LogP contribution >= 0.6 is 31.9 Å². The zero-order chi connectivity index (χ0) is 13.7. The lowest BCUT2D eigenvalue weighted by molar-refractivity contribution is -0.167. The summed E-state index contributed by atoms with van der Waals surface area (Å²) in [6.07, 6.45) is 1.68. The molecule has 104 valence electrons. The van der Waals surface area contributed by atoms with Gasteiger partial charge in [0.05, 0.1) is 37.0 Å². The Morgan fingerprint density at radius 1 is 0.944 bits per heavy atom. The molecule has 0 saturated carbocycles. The van der Waals surface area contributed by atoms with Crippen LogP contribution in [0, 0.1) is 0 Å². The van der Waals surface area contributed by atoms with Gasteiger partial charge >= 0.3 is 0 Å². The summed E-state index contributed by atoms with van der Waals surface area (Å²) >= 11 is 6.43. The summed E-state index contributed by atoms with van der Waals surface area (Å²) in [5, 5.41) is 2.72. The Morgan fingerprint density at radius 2 is 1.28 bits per heavy atom. The summed E-state index contributed by atoms with van der Waals surface area (Å²) < 4.78 is 0. The summed E-state index contributed by atoms with van der Waals surface area (Å²) in [6, 6.07) is 0. The van der Waals surface area contributed by atoms with Crippen molar-refractivity contribution < 1.29 is 19.3 Å². The van der Waals surface area contributed by atoms with Crippen molar-refractivity contribution >= 4 is 43.7 Å². The van der Waals surface area contributed by atoms with E-state index >= 15 is 0 Å². The van der Waals surface area contributed by atoms with E-state index in [0.717, 1.165) is 12.8 Å². The molecule has 0 aromatic carbocycles. The van der Waals surface area contributed by atoms with Gasteiger partial charge in [-0.05, 0) is 12.8 Å². The van der Waals surface area contributed by atoms with E-state index in [1.165, 1.54) is 24.3 Å². The summed E-state index contributed by atoms with van der Waals surface area (Å²) in [7, 11) is 3.01.